The molecule has 1 N–H and O–H groups in total. The summed E-state index contributed by atoms with van der Waals surface area (Å²) in [6.45, 7) is 0.0812. The average molecular weight is 346 g/mol. The zero-order chi connectivity index (χ0) is 17.2. The minimum atomic E-state index is -0.820. The summed E-state index contributed by atoms with van der Waals surface area (Å²) in [5.74, 6) is 0.424. The number of pyridine rings is 1. The van der Waals surface area contributed by atoms with Crippen molar-refractivity contribution >= 4 is 23.6 Å². The van der Waals surface area contributed by atoms with Gasteiger partial charge in [-0.2, -0.15) is 16.5 Å². The van der Waals surface area contributed by atoms with E-state index in [-0.39, 0.29) is 5.69 Å². The van der Waals surface area contributed by atoms with Gasteiger partial charge in [0.05, 0.1) is 0 Å². The maximum atomic E-state index is 11.7. The molecule has 1 amide bonds. The van der Waals surface area contributed by atoms with Crippen LogP contribution in [0.1, 0.15) is 16.1 Å². The van der Waals surface area contributed by atoms with E-state index in [4.69, 9.17) is 4.74 Å². The number of ether oxygens (including phenoxy) is 1. The lowest BCUT2D eigenvalue weighted by Crippen LogP contribution is -2.36. The standard InChI is InChI=1S/C17H18N2O4S/c20-16(12-23-17(21)15-8-4-5-10-19(15)22)18-9-11-24-13-14-6-2-1-3-7-14/h1-8,10H,9,11-13H2,(H,18,20). The maximum Gasteiger partial charge on any atom is 0.405 e. The van der Waals surface area contributed by atoms with Crippen LogP contribution in [0.4, 0.5) is 0 Å². The van der Waals surface area contributed by atoms with Gasteiger partial charge in [0.15, 0.2) is 12.8 Å². The van der Waals surface area contributed by atoms with Gasteiger partial charge in [0, 0.05) is 30.2 Å². The Morgan fingerprint density at radius 2 is 1.88 bits per heavy atom. The average Bonchev–Trinajstić information content (AvgIpc) is 2.60. The molecule has 0 radical (unpaired) electrons. The van der Waals surface area contributed by atoms with Crippen LogP contribution >= 0.6 is 11.8 Å². The number of nitrogens with zero attached hydrogens (tertiary/aromatic N) is 1. The van der Waals surface area contributed by atoms with Crippen molar-refractivity contribution in [2.75, 3.05) is 18.9 Å². The molecule has 0 aliphatic rings. The first-order valence-corrected chi connectivity index (χ1v) is 8.56. The second kappa shape index (κ2) is 9.57. The minimum Gasteiger partial charge on any atom is -0.618 e. The van der Waals surface area contributed by atoms with Crippen molar-refractivity contribution in [2.45, 2.75) is 5.75 Å². The van der Waals surface area contributed by atoms with Gasteiger partial charge in [-0.3, -0.25) is 4.79 Å². The smallest absolute Gasteiger partial charge is 0.405 e. The van der Waals surface area contributed by atoms with Gasteiger partial charge in [0.2, 0.25) is 0 Å². The Balaban J connectivity index is 1.60. The zero-order valence-electron chi connectivity index (χ0n) is 13.0. The molecule has 126 valence electrons. The Bertz CT molecular complexity index is 679. The van der Waals surface area contributed by atoms with Crippen LogP contribution in [0.2, 0.25) is 0 Å². The fourth-order valence-corrected chi connectivity index (χ4v) is 2.69. The van der Waals surface area contributed by atoms with Crippen molar-refractivity contribution in [1.82, 2.24) is 5.32 Å². The molecule has 0 unspecified atom stereocenters. The Hall–Kier alpha value is -2.54. The summed E-state index contributed by atoms with van der Waals surface area (Å²) in [6.07, 6.45) is 1.20. The number of nitrogens with one attached hydrogen (secondary N) is 1. The molecule has 0 saturated heterocycles. The number of carbonyl (C=O) groups is 2. The van der Waals surface area contributed by atoms with E-state index in [1.165, 1.54) is 23.9 Å². The normalized spacial score (nSPS) is 10.2. The third-order valence-corrected chi connectivity index (χ3v) is 4.08. The van der Waals surface area contributed by atoms with Gasteiger partial charge < -0.3 is 15.3 Å². The summed E-state index contributed by atoms with van der Waals surface area (Å²) in [7, 11) is 0. The van der Waals surface area contributed by atoms with Crippen molar-refractivity contribution in [1.29, 1.82) is 0 Å². The first-order valence-electron chi connectivity index (χ1n) is 7.40. The van der Waals surface area contributed by atoms with E-state index in [9.17, 15) is 14.8 Å². The van der Waals surface area contributed by atoms with Gasteiger partial charge in [-0.25, -0.2) is 4.79 Å². The van der Waals surface area contributed by atoms with Crippen LogP contribution in [0.15, 0.2) is 54.7 Å². The predicted molar refractivity (Wildman–Crippen MR) is 91.3 cm³/mol. The number of rotatable bonds is 8. The Morgan fingerprint density at radius 1 is 1.12 bits per heavy atom. The topological polar surface area (TPSA) is 82.3 Å². The van der Waals surface area contributed by atoms with Crippen LogP contribution in [0.3, 0.4) is 0 Å². The minimum absolute atomic E-state index is 0.149. The van der Waals surface area contributed by atoms with Gasteiger partial charge >= 0.3 is 11.7 Å². The van der Waals surface area contributed by atoms with Crippen LogP contribution in [0.25, 0.3) is 0 Å². The van der Waals surface area contributed by atoms with E-state index in [2.05, 4.69) is 17.4 Å². The number of benzene rings is 1. The lowest BCUT2D eigenvalue weighted by molar-refractivity contribution is -0.608. The first-order chi connectivity index (χ1) is 11.7. The number of esters is 1. The van der Waals surface area contributed by atoms with Crippen LogP contribution in [0.5, 0.6) is 0 Å². The quantitative estimate of drug-likeness (QED) is 0.339. The van der Waals surface area contributed by atoms with E-state index in [1.807, 2.05) is 18.2 Å². The number of hydrogen-bond donors (Lipinski definition) is 1. The second-order valence-electron chi connectivity index (χ2n) is 4.88. The number of amides is 1. The predicted octanol–water partition coefficient (Wildman–Crippen LogP) is 1.53. The molecule has 0 aliphatic carbocycles. The summed E-state index contributed by atoms with van der Waals surface area (Å²) in [6, 6.07) is 14.5. The highest BCUT2D eigenvalue weighted by Crippen LogP contribution is 2.10. The fraction of sp³-hybridized carbons (Fsp3) is 0.235. The summed E-state index contributed by atoms with van der Waals surface area (Å²) < 4.78 is 5.22. The molecular weight excluding hydrogens is 328 g/mol. The van der Waals surface area contributed by atoms with Gasteiger partial charge in [-0.05, 0) is 11.6 Å². The fourth-order valence-electron chi connectivity index (χ4n) is 1.87. The molecule has 0 aliphatic heterocycles. The van der Waals surface area contributed by atoms with E-state index in [1.54, 1.807) is 17.8 Å². The first kappa shape index (κ1) is 17.8. The highest BCUT2D eigenvalue weighted by molar-refractivity contribution is 7.98. The van der Waals surface area contributed by atoms with E-state index < -0.39 is 18.5 Å². The van der Waals surface area contributed by atoms with Crippen molar-refractivity contribution in [2.24, 2.45) is 0 Å². The van der Waals surface area contributed by atoms with Crippen LogP contribution in [-0.2, 0) is 15.3 Å². The molecular formula is C17H18N2O4S. The van der Waals surface area contributed by atoms with Crippen LogP contribution in [0, 0.1) is 5.21 Å². The molecule has 0 atom stereocenters. The Kier molecular flexibility index (Phi) is 7.10. The van der Waals surface area contributed by atoms with E-state index in [0.717, 1.165) is 11.5 Å². The third-order valence-electron chi connectivity index (χ3n) is 3.05. The van der Waals surface area contributed by atoms with Crippen molar-refractivity contribution in [3.05, 3.63) is 71.2 Å². The molecule has 2 rings (SSSR count). The van der Waals surface area contributed by atoms with Gasteiger partial charge in [0.1, 0.15) is 0 Å². The van der Waals surface area contributed by atoms with Crippen LogP contribution < -0.4 is 10.0 Å². The van der Waals surface area contributed by atoms with Gasteiger partial charge in [0.25, 0.3) is 5.91 Å². The Morgan fingerprint density at radius 3 is 2.62 bits per heavy atom. The van der Waals surface area contributed by atoms with Gasteiger partial charge in [-0.1, -0.05) is 30.3 Å². The van der Waals surface area contributed by atoms with E-state index >= 15 is 0 Å². The largest absolute Gasteiger partial charge is 0.618 e. The molecule has 0 fully saturated rings. The molecule has 24 heavy (non-hydrogen) atoms. The molecule has 0 spiro atoms. The summed E-state index contributed by atoms with van der Waals surface area (Å²) in [4.78, 5) is 23.3. The lowest BCUT2D eigenvalue weighted by atomic mass is 10.2. The number of aromatic nitrogens is 1. The Labute approximate surface area is 144 Å². The van der Waals surface area contributed by atoms with Crippen molar-refractivity contribution < 1.29 is 19.1 Å². The summed E-state index contributed by atoms with van der Waals surface area (Å²) in [5.41, 5.74) is 1.08. The second-order valence-corrected chi connectivity index (χ2v) is 5.98. The number of thioether (sulfide) groups is 1. The van der Waals surface area contributed by atoms with Crippen molar-refractivity contribution in [3.63, 3.8) is 0 Å². The molecule has 1 aromatic carbocycles. The molecule has 6 nitrogen and oxygen atoms in total. The molecule has 0 saturated carbocycles. The van der Waals surface area contributed by atoms with E-state index in [0.29, 0.717) is 11.3 Å². The number of carbonyl (C=O) groups excluding carboxylic acids is 2. The molecule has 7 heteroatoms. The van der Waals surface area contributed by atoms with Gasteiger partial charge in [-0.15, -0.1) is 0 Å². The summed E-state index contributed by atoms with van der Waals surface area (Å²) >= 11 is 1.70. The van der Waals surface area contributed by atoms with Crippen LogP contribution in [-0.4, -0.2) is 30.8 Å². The number of hydrogen-bond acceptors (Lipinski definition) is 5. The third kappa shape index (κ3) is 5.92. The summed E-state index contributed by atoms with van der Waals surface area (Å²) in [5, 5.41) is 14.0. The highest BCUT2D eigenvalue weighted by atomic mass is 32.2. The maximum absolute atomic E-state index is 11.7. The molecule has 1 heterocycles. The molecule has 2 aromatic rings. The highest BCUT2D eigenvalue weighted by Gasteiger charge is 2.17. The molecule has 1 aromatic heterocycles. The SMILES string of the molecule is O=C(COC(=O)c1cccc[n+]1[O-])NCCSCc1ccccc1. The lowest BCUT2D eigenvalue weighted by Gasteiger charge is -2.07. The van der Waals surface area contributed by atoms with Crippen molar-refractivity contribution in [3.8, 4) is 0 Å². The molecule has 0 bridgehead atoms. The zero-order valence-corrected chi connectivity index (χ0v) is 13.8. The monoisotopic (exact) mass is 346 g/mol.